The van der Waals surface area contributed by atoms with Crippen LogP contribution < -0.4 is 19.8 Å². The van der Waals surface area contributed by atoms with Crippen LogP contribution in [0, 0.1) is 9.22 Å². The number of hydrogen-bond acceptors (Lipinski definition) is 4. The van der Waals surface area contributed by atoms with Gasteiger partial charge in [-0.2, -0.15) is 0 Å². The molecule has 8 heteroatoms. The number of ether oxygens (including phenoxy) is 1. The molecule has 6 nitrogen and oxygen atoms in total. The van der Waals surface area contributed by atoms with Crippen LogP contribution in [0.5, 0.6) is 11.6 Å². The summed E-state index contributed by atoms with van der Waals surface area (Å²) >= 11 is 2.37. The molecule has 8 aromatic carbocycles. The van der Waals surface area contributed by atoms with E-state index in [2.05, 4.69) is 215 Å². The Kier molecular flexibility index (Phi) is 10.9. The van der Waals surface area contributed by atoms with Crippen LogP contribution in [0.4, 0.5) is 22.9 Å². The predicted octanol–water partition coefficient (Wildman–Crippen LogP) is 16.3. The Morgan fingerprint density at radius 2 is 1.08 bits per heavy atom. The molecular weight excluding hydrogens is 1070 g/mol. The molecule has 11 rings (SSSR count). The summed E-state index contributed by atoms with van der Waals surface area (Å²) in [5.41, 5.74) is 11.1. The average molecular weight is 1140 g/mol. The Morgan fingerprint density at radius 1 is 0.521 bits per heavy atom. The molecule has 0 saturated carbocycles. The molecule has 0 unspecified atom stereocenters. The van der Waals surface area contributed by atoms with Crippen molar-refractivity contribution in [2.75, 3.05) is 9.62 Å². The van der Waals surface area contributed by atoms with Gasteiger partial charge in [0.2, 0.25) is 0 Å². The van der Waals surface area contributed by atoms with Crippen molar-refractivity contribution in [3.63, 3.8) is 0 Å². The molecule has 1 aliphatic rings. The van der Waals surface area contributed by atoms with Gasteiger partial charge in [0, 0.05) is 5.69 Å². The van der Waals surface area contributed by atoms with Crippen molar-refractivity contribution in [2.24, 2.45) is 5.41 Å². The minimum absolute atomic E-state index is 0.139. The van der Waals surface area contributed by atoms with Crippen LogP contribution in [0.2, 0.25) is 0 Å². The molecule has 0 radical (unpaired) electrons. The Morgan fingerprint density at radius 3 is 1.73 bits per heavy atom. The van der Waals surface area contributed by atoms with Gasteiger partial charge in [0.1, 0.15) is 0 Å². The first-order valence-electron chi connectivity index (χ1n) is 27.3. The Labute approximate surface area is 448 Å². The molecule has 73 heavy (non-hydrogen) atoms. The van der Waals surface area contributed by atoms with E-state index in [4.69, 9.17) is 13.8 Å². The summed E-state index contributed by atoms with van der Waals surface area (Å²) in [6.45, 7) is 17.4. The maximum atomic E-state index is 9.45. The van der Waals surface area contributed by atoms with Gasteiger partial charge in [-0.1, -0.05) is 60.7 Å². The number of aromatic nitrogens is 3. The first-order valence-corrected chi connectivity index (χ1v) is 26.0. The number of nitrogens with zero attached hydrogens (tertiary/aromatic N) is 5. The summed E-state index contributed by atoms with van der Waals surface area (Å²) in [4.78, 5) is 10.1. The van der Waals surface area contributed by atoms with Crippen molar-refractivity contribution in [2.45, 2.75) is 66.2 Å². The number of para-hydroxylation sites is 5. The quantitative estimate of drug-likeness (QED) is 0.128. The summed E-state index contributed by atoms with van der Waals surface area (Å²) in [5.74, 6) is 1.79. The molecular formula is C65H60BN5OPt. The number of benzene rings is 8. The van der Waals surface area contributed by atoms with E-state index in [0.29, 0.717) is 22.9 Å². The predicted molar refractivity (Wildman–Crippen MR) is 301 cm³/mol. The van der Waals surface area contributed by atoms with Crippen molar-refractivity contribution >= 4 is 46.4 Å². The Hall–Kier alpha value is -7.47. The second kappa shape index (κ2) is 18.9. The van der Waals surface area contributed by atoms with Gasteiger partial charge in [-0.3, -0.25) is 0 Å². The van der Waals surface area contributed by atoms with Gasteiger partial charge in [0.05, 0.1) is 0 Å². The molecule has 0 N–H and O–H groups in total. The van der Waals surface area contributed by atoms with E-state index in [9.17, 15) is 2.74 Å². The van der Waals surface area contributed by atoms with Gasteiger partial charge < -0.3 is 0 Å². The zero-order chi connectivity index (χ0) is 55.0. The number of anilines is 4. The fourth-order valence-corrected chi connectivity index (χ4v) is 10.9. The van der Waals surface area contributed by atoms with Crippen LogP contribution in [-0.2, 0) is 30.2 Å². The molecule has 0 amide bonds. The van der Waals surface area contributed by atoms with E-state index in [1.807, 2.05) is 66.7 Å². The second-order valence-electron chi connectivity index (χ2n) is 21.3. The molecule has 0 fully saturated rings. The fourth-order valence-electron chi connectivity index (χ4n) is 9.85. The van der Waals surface area contributed by atoms with Gasteiger partial charge in [-0.25, -0.2) is 0 Å². The molecule has 0 atom stereocenters. The molecule has 0 saturated heterocycles. The van der Waals surface area contributed by atoms with Crippen LogP contribution >= 0.6 is 0 Å². The van der Waals surface area contributed by atoms with Crippen LogP contribution in [0.1, 0.15) is 73.4 Å². The average Bonchev–Trinajstić information content (AvgIpc) is 4.16. The molecule has 1 aliphatic heterocycles. The molecule has 0 bridgehead atoms. The van der Waals surface area contributed by atoms with E-state index < -0.39 is 11.5 Å². The van der Waals surface area contributed by atoms with Gasteiger partial charge in [0.15, 0.2) is 0 Å². The normalized spacial score (nSPS) is 13.9. The van der Waals surface area contributed by atoms with Crippen LogP contribution in [0.25, 0.3) is 44.7 Å². The van der Waals surface area contributed by atoms with Crippen molar-refractivity contribution in [1.82, 2.24) is 14.1 Å². The third-order valence-corrected chi connectivity index (χ3v) is 15.7. The van der Waals surface area contributed by atoms with E-state index in [0.717, 1.165) is 71.1 Å². The number of hydrogen-bond donors (Lipinski definition) is 0. The first-order chi connectivity index (χ1) is 37.2. The maximum absolute atomic E-state index is 9.45. The summed E-state index contributed by atoms with van der Waals surface area (Å²) in [7, 11) is 0. The van der Waals surface area contributed by atoms with Gasteiger partial charge in [-0.05, 0) is 18.2 Å². The van der Waals surface area contributed by atoms with E-state index >= 15 is 0 Å². The third kappa shape index (κ3) is 8.78. The number of imidazole rings is 1. The standard InChI is InChI=1S/C65H60BN5O.Pt/c1-63(2,3)48-42-60(71-59-39-24-23-38-58(59)70(51-32-19-12-20-33-51)66(71)50-30-17-11-18-31-50)67-61(43-48)72-53-35-25-34-52(44-53)68-45-69(57-37-22-21-36-56(57)68)62-54(46-26-13-9-14-27-46)40-49(65(7,8)64(4,5)6)41-55(62)47-28-15-10-16-29-47;/h9-44H,1-8H3;/i9D,13D,14D,26D,27D;. The second-order valence-corrected chi connectivity index (χ2v) is 22.3. The first kappa shape index (κ1) is 42.1. The van der Waals surface area contributed by atoms with E-state index in [1.54, 1.807) is 0 Å². The molecule has 10 aromatic rings. The third-order valence-electron chi connectivity index (χ3n) is 14.7. The zero-order valence-corrected chi connectivity index (χ0v) is 44.7. The number of rotatable bonds is 10. The Balaban J connectivity index is 1.10. The number of pyridine rings is 1. The van der Waals surface area contributed by atoms with Crippen LogP contribution in [-0.4, -0.2) is 21.1 Å². The fraction of sp³-hybridized carbons (Fsp3) is 0.169. The summed E-state index contributed by atoms with van der Waals surface area (Å²) in [5, 5.41) is 0. The molecule has 0 aliphatic carbocycles. The monoisotopic (exact) mass is 1140 g/mol. The SMILES string of the molecule is [2H]c1c([2H])c([2H])c(-c2cc(C(C)(C)C(C)(C)C)cc(-c3ccccc3)c2-n2[c](=[Pt])n(-c3cccc(Oc4cc(C(C)(C)C)cc(N5B(c6ccccc6)N(c6ccccc6)c6ccccc65)n4)c3)c3ccccc32)c([2H])c1[2H]. The van der Waals surface area contributed by atoms with Crippen LogP contribution in [0.3, 0.4) is 0 Å². The summed E-state index contributed by atoms with van der Waals surface area (Å²) < 4.78 is 57.5. The van der Waals surface area contributed by atoms with Crippen molar-refractivity contribution < 1.29 is 30.9 Å². The zero-order valence-electron chi connectivity index (χ0n) is 47.4. The summed E-state index contributed by atoms with van der Waals surface area (Å²) in [6.07, 6.45) is 0. The van der Waals surface area contributed by atoms with Crippen molar-refractivity contribution in [1.29, 1.82) is 0 Å². The van der Waals surface area contributed by atoms with E-state index in [1.165, 1.54) is 0 Å². The minimum atomic E-state index is -0.435. The van der Waals surface area contributed by atoms with Gasteiger partial charge in [-0.15, -0.1) is 0 Å². The molecule has 0 spiro atoms. The Bertz CT molecular complexity index is 3970. The molecule has 3 heterocycles. The van der Waals surface area contributed by atoms with Crippen LogP contribution in [0.15, 0.2) is 218 Å². The number of fused-ring (bicyclic) bond motifs is 2. The van der Waals surface area contributed by atoms with Crippen molar-refractivity contribution in [3.8, 4) is 45.3 Å². The van der Waals surface area contributed by atoms with Gasteiger partial charge >= 0.3 is 367 Å². The molecule has 2 aromatic heterocycles. The van der Waals surface area contributed by atoms with E-state index in [-0.39, 0.29) is 47.5 Å². The van der Waals surface area contributed by atoms with Crippen molar-refractivity contribution in [3.05, 3.63) is 233 Å². The summed E-state index contributed by atoms with van der Waals surface area (Å²) in [6, 6.07) is 62.7. The van der Waals surface area contributed by atoms with Gasteiger partial charge in [0.25, 0.3) is 0 Å². The molecule has 364 valence electrons. The topological polar surface area (TPSA) is 38.5 Å².